The molecule has 0 amide bonds. The number of aromatic nitrogens is 2. The lowest BCUT2D eigenvalue weighted by Gasteiger charge is -2.05. The molecule has 0 aliphatic rings. The molecule has 0 bridgehead atoms. The summed E-state index contributed by atoms with van der Waals surface area (Å²) in [6, 6.07) is 1.12. The molecule has 0 saturated heterocycles. The van der Waals surface area contributed by atoms with Crippen LogP contribution in [0, 0.1) is 0 Å². The first-order chi connectivity index (χ1) is 6.15. The molecule has 0 aliphatic carbocycles. The minimum atomic E-state index is -2.61. The van der Waals surface area contributed by atoms with Gasteiger partial charge in [-0.3, -0.25) is 0 Å². The van der Waals surface area contributed by atoms with Crippen molar-refractivity contribution < 1.29 is 8.78 Å². The fraction of sp³-hybridized carbons (Fsp3) is 0.571. The monoisotopic (exact) mass is 190 g/mol. The van der Waals surface area contributed by atoms with Gasteiger partial charge in [-0.05, 0) is 19.0 Å². The first-order valence-electron chi connectivity index (χ1n) is 3.94. The number of rotatable bonds is 4. The molecule has 1 aromatic heterocycles. The van der Waals surface area contributed by atoms with Crippen LogP contribution in [-0.2, 0) is 0 Å². The minimum Gasteiger partial charge on any atom is -0.330 e. The van der Waals surface area contributed by atoms with Crippen molar-refractivity contribution in [3.63, 3.8) is 0 Å². The second-order valence-corrected chi connectivity index (χ2v) is 2.68. The molecule has 1 heterocycles. The van der Waals surface area contributed by atoms with Crippen LogP contribution in [0.4, 0.5) is 8.78 Å². The molecular formula is C7H12F2N4. The van der Waals surface area contributed by atoms with Gasteiger partial charge >= 0.3 is 6.55 Å². The van der Waals surface area contributed by atoms with Gasteiger partial charge in [0.25, 0.3) is 0 Å². The number of hydrogen-bond acceptors (Lipinski definition) is 3. The molecule has 1 atom stereocenters. The predicted octanol–water partition coefficient (Wildman–Crippen LogP) is 0.627. The van der Waals surface area contributed by atoms with Crippen LogP contribution in [0.5, 0.6) is 0 Å². The Kier molecular flexibility index (Phi) is 3.32. The Morgan fingerprint density at radius 1 is 1.54 bits per heavy atom. The SMILES string of the molecule is NCCC(N)c1ccn(C(F)F)n1. The van der Waals surface area contributed by atoms with Crippen molar-refractivity contribution in [2.75, 3.05) is 6.54 Å². The van der Waals surface area contributed by atoms with E-state index in [1.807, 2.05) is 0 Å². The standard InChI is InChI=1S/C7H12F2N4/c8-7(9)13-4-2-6(12-13)5(11)1-3-10/h2,4-5,7H,1,3,10-11H2. The zero-order valence-corrected chi connectivity index (χ0v) is 7.03. The van der Waals surface area contributed by atoms with Gasteiger partial charge in [-0.25, -0.2) is 4.68 Å². The summed E-state index contributed by atoms with van der Waals surface area (Å²) in [7, 11) is 0. The van der Waals surface area contributed by atoms with Crippen molar-refractivity contribution in [2.24, 2.45) is 11.5 Å². The Hall–Kier alpha value is -1.01. The molecule has 1 rings (SSSR count). The van der Waals surface area contributed by atoms with Crippen LogP contribution in [0.15, 0.2) is 12.3 Å². The first kappa shape index (κ1) is 10.1. The van der Waals surface area contributed by atoms with Gasteiger partial charge in [0, 0.05) is 6.20 Å². The van der Waals surface area contributed by atoms with Crippen LogP contribution >= 0.6 is 0 Å². The second-order valence-electron chi connectivity index (χ2n) is 2.68. The molecule has 74 valence electrons. The van der Waals surface area contributed by atoms with E-state index in [0.29, 0.717) is 23.3 Å². The van der Waals surface area contributed by atoms with Crippen LogP contribution in [0.1, 0.15) is 24.7 Å². The maximum Gasteiger partial charge on any atom is 0.333 e. The Morgan fingerprint density at radius 2 is 2.23 bits per heavy atom. The Balaban J connectivity index is 2.67. The van der Waals surface area contributed by atoms with Crippen LogP contribution < -0.4 is 11.5 Å². The van der Waals surface area contributed by atoms with E-state index in [9.17, 15) is 8.78 Å². The Morgan fingerprint density at radius 3 is 2.69 bits per heavy atom. The molecule has 6 heteroatoms. The molecule has 0 aliphatic heterocycles. The van der Waals surface area contributed by atoms with E-state index >= 15 is 0 Å². The summed E-state index contributed by atoms with van der Waals surface area (Å²) in [6.07, 6.45) is 1.75. The summed E-state index contributed by atoms with van der Waals surface area (Å²) >= 11 is 0. The zero-order chi connectivity index (χ0) is 9.84. The van der Waals surface area contributed by atoms with Crippen molar-refractivity contribution in [3.05, 3.63) is 18.0 Å². The third kappa shape index (κ3) is 2.46. The van der Waals surface area contributed by atoms with Crippen molar-refractivity contribution in [1.29, 1.82) is 0 Å². The predicted molar refractivity (Wildman–Crippen MR) is 44.1 cm³/mol. The van der Waals surface area contributed by atoms with E-state index in [-0.39, 0.29) is 6.04 Å². The summed E-state index contributed by atoms with van der Waals surface area (Å²) < 4.78 is 24.7. The van der Waals surface area contributed by atoms with Gasteiger partial charge in [-0.2, -0.15) is 13.9 Å². The van der Waals surface area contributed by atoms with Gasteiger partial charge in [-0.1, -0.05) is 0 Å². The van der Waals surface area contributed by atoms with Gasteiger partial charge in [-0.15, -0.1) is 0 Å². The highest BCUT2D eigenvalue weighted by Gasteiger charge is 2.11. The maximum atomic E-state index is 12.1. The van der Waals surface area contributed by atoms with E-state index < -0.39 is 6.55 Å². The molecule has 1 aromatic rings. The lowest BCUT2D eigenvalue weighted by Crippen LogP contribution is -2.16. The van der Waals surface area contributed by atoms with Crippen LogP contribution in [0.2, 0.25) is 0 Å². The summed E-state index contributed by atoms with van der Waals surface area (Å²) in [6.45, 7) is -2.19. The lowest BCUT2D eigenvalue weighted by atomic mass is 10.1. The van der Waals surface area contributed by atoms with Crippen LogP contribution in [0.3, 0.4) is 0 Å². The lowest BCUT2D eigenvalue weighted by molar-refractivity contribution is 0.0560. The molecule has 1 unspecified atom stereocenters. The fourth-order valence-electron chi connectivity index (χ4n) is 0.987. The molecule has 13 heavy (non-hydrogen) atoms. The molecule has 4 nitrogen and oxygen atoms in total. The first-order valence-corrected chi connectivity index (χ1v) is 3.94. The van der Waals surface area contributed by atoms with E-state index in [4.69, 9.17) is 11.5 Å². The topological polar surface area (TPSA) is 69.9 Å². The Labute approximate surface area is 74.5 Å². The minimum absolute atomic E-state index is 0.356. The van der Waals surface area contributed by atoms with Gasteiger partial charge < -0.3 is 11.5 Å². The van der Waals surface area contributed by atoms with E-state index in [0.717, 1.165) is 0 Å². The molecule has 0 saturated carbocycles. The van der Waals surface area contributed by atoms with E-state index in [1.165, 1.54) is 12.3 Å². The normalized spacial score (nSPS) is 13.6. The van der Waals surface area contributed by atoms with Gasteiger partial charge in [0.05, 0.1) is 11.7 Å². The van der Waals surface area contributed by atoms with Gasteiger partial charge in [0.15, 0.2) is 0 Å². The van der Waals surface area contributed by atoms with Crippen molar-refractivity contribution in [1.82, 2.24) is 9.78 Å². The molecular weight excluding hydrogens is 178 g/mol. The molecule has 4 N–H and O–H groups in total. The van der Waals surface area contributed by atoms with Crippen LogP contribution in [0.25, 0.3) is 0 Å². The highest BCUT2D eigenvalue weighted by atomic mass is 19.3. The summed E-state index contributed by atoms with van der Waals surface area (Å²) in [5.41, 5.74) is 11.3. The quantitative estimate of drug-likeness (QED) is 0.731. The van der Waals surface area contributed by atoms with E-state index in [2.05, 4.69) is 5.10 Å². The largest absolute Gasteiger partial charge is 0.333 e. The highest BCUT2D eigenvalue weighted by molar-refractivity contribution is 5.04. The van der Waals surface area contributed by atoms with Crippen molar-refractivity contribution in [2.45, 2.75) is 19.0 Å². The van der Waals surface area contributed by atoms with Gasteiger partial charge in [0.2, 0.25) is 0 Å². The average molecular weight is 190 g/mol. The summed E-state index contributed by atoms with van der Waals surface area (Å²) in [5, 5.41) is 3.61. The third-order valence-corrected chi connectivity index (χ3v) is 1.69. The molecule has 0 fully saturated rings. The maximum absolute atomic E-state index is 12.1. The smallest absolute Gasteiger partial charge is 0.330 e. The number of alkyl halides is 2. The number of nitrogens with two attached hydrogens (primary N) is 2. The van der Waals surface area contributed by atoms with Crippen LogP contribution in [-0.4, -0.2) is 16.3 Å². The number of halogens is 2. The highest BCUT2D eigenvalue weighted by Crippen LogP contribution is 2.14. The van der Waals surface area contributed by atoms with Crippen molar-refractivity contribution in [3.8, 4) is 0 Å². The number of hydrogen-bond donors (Lipinski definition) is 2. The van der Waals surface area contributed by atoms with Gasteiger partial charge in [0.1, 0.15) is 0 Å². The van der Waals surface area contributed by atoms with Crippen molar-refractivity contribution >= 4 is 0 Å². The fourth-order valence-corrected chi connectivity index (χ4v) is 0.987. The molecule has 0 radical (unpaired) electrons. The number of nitrogens with zero attached hydrogens (tertiary/aromatic N) is 2. The second kappa shape index (κ2) is 4.29. The van der Waals surface area contributed by atoms with E-state index in [1.54, 1.807) is 0 Å². The molecule has 0 aromatic carbocycles. The summed E-state index contributed by atoms with van der Waals surface area (Å²) in [5.74, 6) is 0. The summed E-state index contributed by atoms with van der Waals surface area (Å²) in [4.78, 5) is 0. The average Bonchev–Trinajstić information content (AvgIpc) is 2.52. The molecule has 0 spiro atoms. The zero-order valence-electron chi connectivity index (χ0n) is 7.03. The Bertz CT molecular complexity index is 261. The third-order valence-electron chi connectivity index (χ3n) is 1.69.